The molecule has 0 amide bonds. The minimum Gasteiger partial charge on any atom is -0.450 e. The van der Waals surface area contributed by atoms with E-state index in [1.165, 1.54) is 11.1 Å². The van der Waals surface area contributed by atoms with Crippen LogP contribution in [-0.2, 0) is 4.74 Å². The molecule has 16 heavy (non-hydrogen) atoms. The number of methoxy groups -OCH3 is 1. The Morgan fingerprint density at radius 3 is 2.06 bits per heavy atom. The number of hydrogen-bond acceptors (Lipinski definition) is 1. The smallest absolute Gasteiger partial charge is 0.115 e. The van der Waals surface area contributed by atoms with E-state index in [2.05, 4.69) is 36.3 Å². The van der Waals surface area contributed by atoms with Crippen molar-refractivity contribution in [2.24, 2.45) is 0 Å². The molecule has 0 heterocycles. The first-order valence-corrected chi connectivity index (χ1v) is 5.09. The molecule has 0 aliphatic heterocycles. The third-order valence-electron chi connectivity index (χ3n) is 2.29. The van der Waals surface area contributed by atoms with Gasteiger partial charge in [-0.1, -0.05) is 42.5 Å². The maximum Gasteiger partial charge on any atom is 0.115 e. The molecule has 0 fully saturated rings. The molecular weight excluding hydrogens is 196 g/mol. The second-order valence-electron chi connectivity index (χ2n) is 3.37. The van der Waals surface area contributed by atoms with Crippen molar-refractivity contribution in [3.05, 3.63) is 60.2 Å². The molecule has 0 unspecified atom stereocenters. The monoisotopic (exact) mass is 208 g/mol. The average molecular weight is 208 g/mol. The van der Waals surface area contributed by atoms with E-state index in [0.29, 0.717) is 0 Å². The van der Waals surface area contributed by atoms with Gasteiger partial charge in [0.2, 0.25) is 0 Å². The zero-order chi connectivity index (χ0) is 11.2. The normalized spacial score (nSPS) is 9.06. The zero-order valence-corrected chi connectivity index (χ0v) is 9.10. The minimum atomic E-state index is 0.960. The molecule has 1 heteroatoms. The molecule has 0 radical (unpaired) electrons. The van der Waals surface area contributed by atoms with Crippen LogP contribution in [0.1, 0.15) is 5.56 Å². The molecular formula is C15H12O. The molecule has 0 bridgehead atoms. The second kappa shape index (κ2) is 5.04. The van der Waals surface area contributed by atoms with Crippen molar-refractivity contribution < 1.29 is 4.74 Å². The molecule has 2 rings (SSSR count). The number of hydrogen-bond donors (Lipinski definition) is 0. The van der Waals surface area contributed by atoms with Gasteiger partial charge in [-0.2, -0.15) is 0 Å². The summed E-state index contributed by atoms with van der Waals surface area (Å²) in [5.74, 6) is 2.90. The Morgan fingerprint density at radius 1 is 0.812 bits per heavy atom. The van der Waals surface area contributed by atoms with Crippen LogP contribution < -0.4 is 0 Å². The minimum absolute atomic E-state index is 0.960. The largest absolute Gasteiger partial charge is 0.450 e. The van der Waals surface area contributed by atoms with Gasteiger partial charge in [0.1, 0.15) is 6.11 Å². The summed E-state index contributed by atoms with van der Waals surface area (Å²) in [6.07, 6.45) is 2.57. The van der Waals surface area contributed by atoms with Crippen molar-refractivity contribution in [1.29, 1.82) is 0 Å². The van der Waals surface area contributed by atoms with Gasteiger partial charge in [-0.3, -0.25) is 0 Å². The highest BCUT2D eigenvalue weighted by molar-refractivity contribution is 5.64. The van der Waals surface area contributed by atoms with Crippen molar-refractivity contribution in [2.45, 2.75) is 0 Å². The lowest BCUT2D eigenvalue weighted by Gasteiger charge is -2.00. The standard InChI is InChI=1S/C15H12O/c1-16-12-11-13-7-9-15(10-8-13)14-5-3-2-4-6-14/h2-10H,1H3. The maximum atomic E-state index is 4.70. The SMILES string of the molecule is COC#Cc1ccc(-c2ccccc2)cc1. The lowest BCUT2D eigenvalue weighted by atomic mass is 10.0. The lowest BCUT2D eigenvalue weighted by Crippen LogP contribution is -1.78. The van der Waals surface area contributed by atoms with Gasteiger partial charge in [-0.05, 0) is 29.2 Å². The van der Waals surface area contributed by atoms with E-state index in [1.54, 1.807) is 7.11 Å². The lowest BCUT2D eigenvalue weighted by molar-refractivity contribution is 0.372. The topological polar surface area (TPSA) is 9.23 Å². The van der Waals surface area contributed by atoms with Crippen LogP contribution in [-0.4, -0.2) is 7.11 Å². The predicted octanol–water partition coefficient (Wildman–Crippen LogP) is 3.31. The summed E-state index contributed by atoms with van der Waals surface area (Å²) >= 11 is 0. The van der Waals surface area contributed by atoms with Crippen LogP contribution in [0.4, 0.5) is 0 Å². The van der Waals surface area contributed by atoms with Crippen LogP contribution in [0.3, 0.4) is 0 Å². The van der Waals surface area contributed by atoms with Gasteiger partial charge in [-0.15, -0.1) is 0 Å². The Bertz CT molecular complexity index is 501. The number of ether oxygens (including phenoxy) is 1. The summed E-state index contributed by atoms with van der Waals surface area (Å²) in [6, 6.07) is 18.4. The molecule has 0 N–H and O–H groups in total. The molecule has 1 nitrogen and oxygen atoms in total. The van der Waals surface area contributed by atoms with Crippen LogP contribution in [0.25, 0.3) is 11.1 Å². The molecule has 0 spiro atoms. The van der Waals surface area contributed by atoms with Crippen molar-refractivity contribution in [3.8, 4) is 23.2 Å². The van der Waals surface area contributed by atoms with Gasteiger partial charge >= 0.3 is 0 Å². The summed E-state index contributed by atoms with van der Waals surface area (Å²) in [4.78, 5) is 0. The van der Waals surface area contributed by atoms with E-state index in [4.69, 9.17) is 4.74 Å². The Kier molecular flexibility index (Phi) is 3.25. The van der Waals surface area contributed by atoms with Crippen molar-refractivity contribution >= 4 is 0 Å². The predicted molar refractivity (Wildman–Crippen MR) is 65.8 cm³/mol. The molecule has 0 saturated heterocycles. The summed E-state index contributed by atoms with van der Waals surface area (Å²) in [5, 5.41) is 0. The molecule has 2 aromatic rings. The molecule has 0 atom stereocenters. The fourth-order valence-corrected chi connectivity index (χ4v) is 1.49. The molecule has 0 aliphatic carbocycles. The van der Waals surface area contributed by atoms with Gasteiger partial charge in [-0.25, -0.2) is 0 Å². The Morgan fingerprint density at radius 2 is 1.44 bits per heavy atom. The maximum absolute atomic E-state index is 4.70. The van der Waals surface area contributed by atoms with Crippen molar-refractivity contribution in [3.63, 3.8) is 0 Å². The highest BCUT2D eigenvalue weighted by Gasteiger charge is 1.95. The highest BCUT2D eigenvalue weighted by Crippen LogP contribution is 2.18. The average Bonchev–Trinajstić information content (AvgIpc) is 2.38. The van der Waals surface area contributed by atoms with Crippen molar-refractivity contribution in [1.82, 2.24) is 0 Å². The van der Waals surface area contributed by atoms with Crippen LogP contribution in [0.15, 0.2) is 54.6 Å². The fraction of sp³-hybridized carbons (Fsp3) is 0.0667. The van der Waals surface area contributed by atoms with Gasteiger partial charge in [0.15, 0.2) is 0 Å². The van der Waals surface area contributed by atoms with Crippen molar-refractivity contribution in [2.75, 3.05) is 7.11 Å². The van der Waals surface area contributed by atoms with Gasteiger partial charge < -0.3 is 4.74 Å². The Labute approximate surface area is 95.7 Å². The molecule has 0 aromatic heterocycles. The number of benzene rings is 2. The van der Waals surface area contributed by atoms with E-state index in [9.17, 15) is 0 Å². The first-order valence-electron chi connectivity index (χ1n) is 5.09. The third kappa shape index (κ3) is 2.43. The zero-order valence-electron chi connectivity index (χ0n) is 9.10. The van der Waals surface area contributed by atoms with Crippen LogP contribution in [0, 0.1) is 12.0 Å². The molecule has 0 saturated carbocycles. The van der Waals surface area contributed by atoms with Crippen LogP contribution >= 0.6 is 0 Å². The van der Waals surface area contributed by atoms with E-state index in [0.717, 1.165) is 5.56 Å². The first kappa shape index (κ1) is 10.3. The molecule has 0 aliphatic rings. The molecule has 78 valence electrons. The second-order valence-corrected chi connectivity index (χ2v) is 3.37. The quantitative estimate of drug-likeness (QED) is 0.653. The van der Waals surface area contributed by atoms with E-state index >= 15 is 0 Å². The first-order chi connectivity index (χ1) is 7.90. The van der Waals surface area contributed by atoms with E-state index in [-0.39, 0.29) is 0 Å². The molecule has 2 aromatic carbocycles. The fourth-order valence-electron chi connectivity index (χ4n) is 1.49. The third-order valence-corrected chi connectivity index (χ3v) is 2.29. The number of rotatable bonds is 1. The van der Waals surface area contributed by atoms with Crippen LogP contribution in [0.2, 0.25) is 0 Å². The summed E-state index contributed by atoms with van der Waals surface area (Å²) in [6.45, 7) is 0. The van der Waals surface area contributed by atoms with E-state index in [1.807, 2.05) is 30.3 Å². The highest BCUT2D eigenvalue weighted by atomic mass is 16.5. The Balaban J connectivity index is 2.26. The van der Waals surface area contributed by atoms with Gasteiger partial charge in [0.25, 0.3) is 0 Å². The summed E-state index contributed by atoms with van der Waals surface area (Å²) < 4.78 is 4.70. The van der Waals surface area contributed by atoms with Crippen LogP contribution in [0.5, 0.6) is 0 Å². The van der Waals surface area contributed by atoms with Gasteiger partial charge in [0.05, 0.1) is 7.11 Å². The van der Waals surface area contributed by atoms with Gasteiger partial charge in [0, 0.05) is 5.56 Å². The van der Waals surface area contributed by atoms with E-state index < -0.39 is 0 Å². The Hall–Kier alpha value is -2.20. The summed E-state index contributed by atoms with van der Waals surface area (Å²) in [7, 11) is 1.56. The summed E-state index contributed by atoms with van der Waals surface area (Å²) in [5.41, 5.74) is 3.37.